The van der Waals surface area contributed by atoms with Crippen molar-refractivity contribution in [3.05, 3.63) is 0 Å². The minimum atomic E-state index is -0.321. The molecule has 0 bridgehead atoms. The second-order valence-electron chi connectivity index (χ2n) is 4.28. The lowest BCUT2D eigenvalue weighted by Gasteiger charge is -2.21. The quantitative estimate of drug-likeness (QED) is 0.659. The molecule has 4 heteroatoms. The molecule has 0 aromatic heterocycles. The zero-order chi connectivity index (χ0) is 10.8. The fourth-order valence-corrected chi connectivity index (χ4v) is 2.87. The van der Waals surface area contributed by atoms with E-state index in [0.717, 1.165) is 12.8 Å². The van der Waals surface area contributed by atoms with Crippen molar-refractivity contribution >= 4 is 6.09 Å². The lowest BCUT2D eigenvalue weighted by Crippen LogP contribution is -2.37. The minimum Gasteiger partial charge on any atom is -0.450 e. The summed E-state index contributed by atoms with van der Waals surface area (Å²) in [6.07, 6.45) is 3.11. The summed E-state index contributed by atoms with van der Waals surface area (Å²) in [7, 11) is 0. The Morgan fingerprint density at radius 3 is 3.07 bits per heavy atom. The lowest BCUT2D eigenvalue weighted by molar-refractivity contribution is 0.105. The highest BCUT2D eigenvalue weighted by atomic mass is 16.6. The number of ether oxygens (including phenoxy) is 1. The molecule has 1 amide bonds. The summed E-state index contributed by atoms with van der Waals surface area (Å²) in [5.41, 5.74) is 0. The van der Waals surface area contributed by atoms with Crippen LogP contribution in [-0.4, -0.2) is 30.2 Å². The van der Waals surface area contributed by atoms with Gasteiger partial charge in [-0.3, -0.25) is 4.90 Å². The highest BCUT2D eigenvalue weighted by Crippen LogP contribution is 2.41. The Hall–Kier alpha value is -1.24. The van der Waals surface area contributed by atoms with E-state index < -0.39 is 0 Å². The number of hydrogen-bond donors (Lipinski definition) is 0. The number of rotatable bonds is 1. The maximum atomic E-state index is 11.6. The van der Waals surface area contributed by atoms with Crippen molar-refractivity contribution in [3.8, 4) is 6.07 Å². The predicted octanol–water partition coefficient (Wildman–Crippen LogP) is 1.77. The highest BCUT2D eigenvalue weighted by Gasteiger charge is 2.46. The van der Waals surface area contributed by atoms with Crippen molar-refractivity contribution in [2.45, 2.75) is 32.2 Å². The van der Waals surface area contributed by atoms with Gasteiger partial charge in [0.25, 0.3) is 0 Å². The molecule has 1 heterocycles. The second-order valence-corrected chi connectivity index (χ2v) is 4.28. The minimum absolute atomic E-state index is 0.253. The Labute approximate surface area is 89.8 Å². The number of likely N-dealkylation sites (tertiary alicyclic amines) is 1. The van der Waals surface area contributed by atoms with E-state index in [4.69, 9.17) is 10.00 Å². The number of nitrogens with zero attached hydrogens (tertiary/aromatic N) is 2. The second kappa shape index (κ2) is 4.09. The first-order chi connectivity index (χ1) is 7.27. The number of hydrogen-bond acceptors (Lipinski definition) is 3. The molecule has 0 N–H and O–H groups in total. The van der Waals surface area contributed by atoms with Gasteiger partial charge < -0.3 is 4.74 Å². The van der Waals surface area contributed by atoms with E-state index in [9.17, 15) is 4.79 Å². The van der Waals surface area contributed by atoms with E-state index in [1.807, 2.05) is 0 Å². The van der Waals surface area contributed by atoms with Crippen LogP contribution in [0.1, 0.15) is 26.2 Å². The fourth-order valence-electron chi connectivity index (χ4n) is 2.87. The molecule has 1 aliphatic heterocycles. The van der Waals surface area contributed by atoms with Crippen molar-refractivity contribution in [2.75, 3.05) is 13.2 Å². The third kappa shape index (κ3) is 1.67. The van der Waals surface area contributed by atoms with Crippen LogP contribution in [0.25, 0.3) is 0 Å². The standard InChI is InChI=1S/C11H16N2O2/c1-2-15-11(14)13-7-8-4-3-5-9(8)10(13)6-12/h8-10H,2-5,7H2,1H3/t8-,9-,10+/m0/s1. The molecule has 0 aromatic carbocycles. The normalized spacial score (nSPS) is 33.6. The van der Waals surface area contributed by atoms with Gasteiger partial charge in [-0.15, -0.1) is 0 Å². The van der Waals surface area contributed by atoms with E-state index in [2.05, 4.69) is 6.07 Å². The molecule has 82 valence electrons. The topological polar surface area (TPSA) is 53.3 Å². The third-order valence-corrected chi connectivity index (χ3v) is 3.53. The molecule has 1 saturated carbocycles. The molecule has 1 aliphatic carbocycles. The zero-order valence-electron chi connectivity index (χ0n) is 8.98. The Balaban J connectivity index is 2.08. The summed E-state index contributed by atoms with van der Waals surface area (Å²) in [5.74, 6) is 0.915. The van der Waals surface area contributed by atoms with Gasteiger partial charge in [-0.2, -0.15) is 5.26 Å². The molecule has 2 rings (SSSR count). The molecule has 0 radical (unpaired) electrons. The van der Waals surface area contributed by atoms with Gasteiger partial charge in [-0.05, 0) is 31.6 Å². The van der Waals surface area contributed by atoms with Crippen LogP contribution in [0.3, 0.4) is 0 Å². The molecule has 15 heavy (non-hydrogen) atoms. The van der Waals surface area contributed by atoms with Crippen molar-refractivity contribution < 1.29 is 9.53 Å². The van der Waals surface area contributed by atoms with Crippen molar-refractivity contribution in [2.24, 2.45) is 11.8 Å². The smallest absolute Gasteiger partial charge is 0.410 e. The average molecular weight is 208 g/mol. The number of nitriles is 1. The molecule has 4 nitrogen and oxygen atoms in total. The van der Waals surface area contributed by atoms with E-state index in [1.54, 1.807) is 11.8 Å². The van der Waals surface area contributed by atoms with Crippen LogP contribution >= 0.6 is 0 Å². The summed E-state index contributed by atoms with van der Waals surface area (Å²) in [6, 6.07) is 2.00. The van der Waals surface area contributed by atoms with Crippen LogP contribution in [0.15, 0.2) is 0 Å². The van der Waals surface area contributed by atoms with Gasteiger partial charge in [-0.1, -0.05) is 6.42 Å². The third-order valence-electron chi connectivity index (χ3n) is 3.53. The van der Waals surface area contributed by atoms with Crippen LogP contribution < -0.4 is 0 Å². The number of carbonyl (C=O) groups is 1. The maximum Gasteiger partial charge on any atom is 0.410 e. The van der Waals surface area contributed by atoms with Gasteiger partial charge in [0.1, 0.15) is 6.04 Å². The Morgan fingerprint density at radius 2 is 2.40 bits per heavy atom. The molecular weight excluding hydrogens is 192 g/mol. The summed E-state index contributed by atoms with van der Waals surface area (Å²) >= 11 is 0. The summed E-state index contributed by atoms with van der Waals surface area (Å²) in [4.78, 5) is 13.2. The summed E-state index contributed by atoms with van der Waals surface area (Å²) < 4.78 is 4.96. The Morgan fingerprint density at radius 1 is 1.60 bits per heavy atom. The molecule has 2 aliphatic rings. The van der Waals surface area contributed by atoms with Crippen LogP contribution in [0.5, 0.6) is 0 Å². The van der Waals surface area contributed by atoms with Gasteiger partial charge >= 0.3 is 6.09 Å². The Bertz CT molecular complexity index is 297. The first-order valence-corrected chi connectivity index (χ1v) is 5.61. The summed E-state index contributed by atoms with van der Waals surface area (Å²) in [5, 5.41) is 9.10. The van der Waals surface area contributed by atoms with Gasteiger partial charge in [-0.25, -0.2) is 4.79 Å². The molecule has 0 aromatic rings. The molecular formula is C11H16N2O2. The van der Waals surface area contributed by atoms with Gasteiger partial charge in [0.05, 0.1) is 12.7 Å². The van der Waals surface area contributed by atoms with Crippen molar-refractivity contribution in [3.63, 3.8) is 0 Å². The number of fused-ring (bicyclic) bond motifs is 1. The number of amides is 1. The first kappa shape index (κ1) is 10.3. The maximum absolute atomic E-state index is 11.6. The summed E-state index contributed by atoms with van der Waals surface area (Å²) in [6.45, 7) is 2.88. The largest absolute Gasteiger partial charge is 0.450 e. The monoisotopic (exact) mass is 208 g/mol. The molecule has 1 saturated heterocycles. The van der Waals surface area contributed by atoms with Crippen molar-refractivity contribution in [1.29, 1.82) is 5.26 Å². The predicted molar refractivity (Wildman–Crippen MR) is 54.0 cm³/mol. The van der Waals surface area contributed by atoms with E-state index in [1.165, 1.54) is 6.42 Å². The molecule has 2 fully saturated rings. The molecule has 0 spiro atoms. The van der Waals surface area contributed by atoms with Crippen molar-refractivity contribution in [1.82, 2.24) is 4.90 Å². The number of carbonyl (C=O) groups excluding carboxylic acids is 1. The zero-order valence-corrected chi connectivity index (χ0v) is 8.98. The van der Waals surface area contributed by atoms with Crippen LogP contribution in [0.2, 0.25) is 0 Å². The molecule has 3 atom stereocenters. The molecule has 0 unspecified atom stereocenters. The SMILES string of the molecule is CCOC(=O)N1C[C@@H]2CCC[C@@H]2[C@H]1C#N. The van der Waals surface area contributed by atoms with E-state index in [0.29, 0.717) is 25.0 Å². The lowest BCUT2D eigenvalue weighted by atomic mass is 9.95. The van der Waals surface area contributed by atoms with E-state index >= 15 is 0 Å². The fraction of sp³-hybridized carbons (Fsp3) is 0.818. The average Bonchev–Trinajstić information content (AvgIpc) is 2.76. The van der Waals surface area contributed by atoms with Crippen LogP contribution in [0, 0.1) is 23.2 Å². The Kier molecular flexibility index (Phi) is 2.81. The van der Waals surface area contributed by atoms with Gasteiger partial charge in [0, 0.05) is 6.54 Å². The van der Waals surface area contributed by atoms with Gasteiger partial charge in [0.15, 0.2) is 0 Å². The van der Waals surface area contributed by atoms with E-state index in [-0.39, 0.29) is 12.1 Å². The first-order valence-electron chi connectivity index (χ1n) is 5.61. The van der Waals surface area contributed by atoms with Crippen LogP contribution in [0.4, 0.5) is 4.79 Å². The highest BCUT2D eigenvalue weighted by molar-refractivity contribution is 5.69. The van der Waals surface area contributed by atoms with Gasteiger partial charge in [0.2, 0.25) is 0 Å². The van der Waals surface area contributed by atoms with Crippen LogP contribution in [-0.2, 0) is 4.74 Å².